The first-order valence-electron chi connectivity index (χ1n) is 5.80. The zero-order valence-corrected chi connectivity index (χ0v) is 12.6. The van der Waals surface area contributed by atoms with Crippen molar-refractivity contribution in [3.05, 3.63) is 34.7 Å². The molecule has 1 rings (SSSR count). The third-order valence-electron chi connectivity index (χ3n) is 2.80. The Labute approximate surface area is 112 Å². The number of hydrogen-bond donors (Lipinski definition) is 0. The summed E-state index contributed by atoms with van der Waals surface area (Å²) in [5.74, 6) is 0.961. The predicted molar refractivity (Wildman–Crippen MR) is 76.1 cm³/mol. The number of methoxy groups -OCH3 is 1. The first kappa shape index (κ1) is 14.2. The number of aryl methyl sites for hydroxylation is 1. The molecule has 0 amide bonds. The molecule has 0 N–H and O–H groups in total. The Morgan fingerprint density at radius 2 is 2.18 bits per heavy atom. The molecule has 0 aliphatic rings. The normalized spacial score (nSPS) is 11.7. The maximum Gasteiger partial charge on any atom is 0.128 e. The average Bonchev–Trinajstić information content (AvgIpc) is 2.31. The van der Waals surface area contributed by atoms with Crippen molar-refractivity contribution in [2.45, 2.75) is 33.6 Å². The van der Waals surface area contributed by atoms with Gasteiger partial charge in [0.15, 0.2) is 0 Å². The topological polar surface area (TPSA) is 22.1 Å². The van der Waals surface area contributed by atoms with Gasteiger partial charge in [0.2, 0.25) is 0 Å². The van der Waals surface area contributed by atoms with E-state index in [9.17, 15) is 0 Å². The van der Waals surface area contributed by atoms with E-state index in [-0.39, 0.29) is 0 Å². The molecular weight excluding hydrogens is 278 g/mol. The second kappa shape index (κ2) is 6.80. The van der Waals surface area contributed by atoms with Crippen LogP contribution in [-0.4, -0.2) is 17.4 Å². The Kier molecular flexibility index (Phi) is 5.69. The molecule has 1 aromatic heterocycles. The summed E-state index contributed by atoms with van der Waals surface area (Å²) in [4.78, 5) is 4.50. The summed E-state index contributed by atoms with van der Waals surface area (Å²) in [7, 11) is 1.71. The second-order valence-electron chi connectivity index (χ2n) is 4.25. The van der Waals surface area contributed by atoms with Crippen molar-refractivity contribution in [2.24, 2.45) is 0 Å². The zero-order valence-electron chi connectivity index (χ0n) is 11.0. The quantitative estimate of drug-likeness (QED) is 0.606. The molecule has 0 fully saturated rings. The van der Waals surface area contributed by atoms with Crippen molar-refractivity contribution >= 4 is 15.9 Å². The molecule has 0 bridgehead atoms. The van der Waals surface area contributed by atoms with Crippen LogP contribution < -0.4 is 4.74 Å². The van der Waals surface area contributed by atoms with Crippen molar-refractivity contribution in [1.82, 2.24) is 4.98 Å². The summed E-state index contributed by atoms with van der Waals surface area (Å²) < 4.78 is 5.41. The number of ether oxygens (including phenoxy) is 1. The fourth-order valence-electron chi connectivity index (χ4n) is 1.89. The van der Waals surface area contributed by atoms with Crippen molar-refractivity contribution in [1.29, 1.82) is 0 Å². The molecule has 0 atom stereocenters. The van der Waals surface area contributed by atoms with Gasteiger partial charge in [0.05, 0.1) is 12.8 Å². The molecule has 0 spiro atoms. The van der Waals surface area contributed by atoms with Gasteiger partial charge in [-0.3, -0.25) is 4.98 Å². The highest BCUT2D eigenvalue weighted by Crippen LogP contribution is 2.25. The van der Waals surface area contributed by atoms with Gasteiger partial charge in [-0.05, 0) is 27.2 Å². The Bertz CT molecular complexity index is 413. The summed E-state index contributed by atoms with van der Waals surface area (Å²) in [6.45, 7) is 6.25. The van der Waals surface area contributed by atoms with E-state index in [1.807, 2.05) is 13.1 Å². The zero-order chi connectivity index (χ0) is 12.8. The standard InChI is InChI=1S/C14H20BrNO/c1-10(6-5-7-15)8-13-12(3)14(17-4)11(2)9-16-13/h6,9H,5,7-8H2,1-4H3. The van der Waals surface area contributed by atoms with Gasteiger partial charge < -0.3 is 4.74 Å². The van der Waals surface area contributed by atoms with E-state index in [0.717, 1.165) is 40.7 Å². The Morgan fingerprint density at radius 1 is 1.47 bits per heavy atom. The Morgan fingerprint density at radius 3 is 2.76 bits per heavy atom. The maximum absolute atomic E-state index is 5.41. The summed E-state index contributed by atoms with van der Waals surface area (Å²) in [5.41, 5.74) is 4.71. The number of aromatic nitrogens is 1. The molecule has 0 aromatic carbocycles. The van der Waals surface area contributed by atoms with Crippen molar-refractivity contribution in [3.8, 4) is 5.75 Å². The number of alkyl halides is 1. The molecule has 1 aromatic rings. The van der Waals surface area contributed by atoms with Crippen LogP contribution in [0.15, 0.2) is 17.8 Å². The van der Waals surface area contributed by atoms with Gasteiger partial charge in [0, 0.05) is 29.1 Å². The van der Waals surface area contributed by atoms with Crippen LogP contribution in [0.3, 0.4) is 0 Å². The Hall–Kier alpha value is -0.830. The predicted octanol–water partition coefficient (Wildman–Crippen LogP) is 3.98. The van der Waals surface area contributed by atoms with Gasteiger partial charge >= 0.3 is 0 Å². The third-order valence-corrected chi connectivity index (χ3v) is 3.26. The third kappa shape index (κ3) is 3.84. The number of rotatable bonds is 5. The fourth-order valence-corrected chi connectivity index (χ4v) is 2.12. The lowest BCUT2D eigenvalue weighted by molar-refractivity contribution is 0.407. The first-order valence-corrected chi connectivity index (χ1v) is 6.93. The van der Waals surface area contributed by atoms with Gasteiger partial charge in [-0.1, -0.05) is 27.6 Å². The van der Waals surface area contributed by atoms with Crippen LogP contribution in [0.5, 0.6) is 5.75 Å². The van der Waals surface area contributed by atoms with E-state index >= 15 is 0 Å². The van der Waals surface area contributed by atoms with Crippen molar-refractivity contribution < 1.29 is 4.74 Å². The molecule has 1 heterocycles. The number of halogens is 1. The second-order valence-corrected chi connectivity index (χ2v) is 5.04. The molecular formula is C14H20BrNO. The van der Waals surface area contributed by atoms with Crippen LogP contribution in [-0.2, 0) is 6.42 Å². The summed E-state index contributed by atoms with van der Waals surface area (Å²) in [6.07, 6.45) is 6.10. The minimum atomic E-state index is 0.898. The van der Waals surface area contributed by atoms with E-state index in [2.05, 4.69) is 40.8 Å². The van der Waals surface area contributed by atoms with E-state index in [1.54, 1.807) is 7.11 Å². The summed E-state index contributed by atoms with van der Waals surface area (Å²) in [5, 5.41) is 1.01. The summed E-state index contributed by atoms with van der Waals surface area (Å²) >= 11 is 3.43. The number of hydrogen-bond acceptors (Lipinski definition) is 2. The van der Waals surface area contributed by atoms with Crippen LogP contribution >= 0.6 is 15.9 Å². The molecule has 0 saturated carbocycles. The maximum atomic E-state index is 5.41. The van der Waals surface area contributed by atoms with E-state index in [0.29, 0.717) is 0 Å². The van der Waals surface area contributed by atoms with Crippen LogP contribution in [0.25, 0.3) is 0 Å². The van der Waals surface area contributed by atoms with Crippen LogP contribution in [0, 0.1) is 13.8 Å². The van der Waals surface area contributed by atoms with E-state index in [4.69, 9.17) is 4.74 Å². The van der Waals surface area contributed by atoms with Crippen molar-refractivity contribution in [2.75, 3.05) is 12.4 Å². The van der Waals surface area contributed by atoms with Crippen LogP contribution in [0.1, 0.15) is 30.2 Å². The lowest BCUT2D eigenvalue weighted by Crippen LogP contribution is -2.00. The minimum Gasteiger partial charge on any atom is -0.496 e. The van der Waals surface area contributed by atoms with Crippen LogP contribution in [0.2, 0.25) is 0 Å². The van der Waals surface area contributed by atoms with Gasteiger partial charge in [-0.25, -0.2) is 0 Å². The van der Waals surface area contributed by atoms with Gasteiger partial charge in [0.1, 0.15) is 5.75 Å². The SMILES string of the molecule is COc1c(C)cnc(CC(C)=CCCBr)c1C. The number of pyridine rings is 1. The highest BCUT2D eigenvalue weighted by molar-refractivity contribution is 9.09. The molecule has 0 unspecified atom stereocenters. The lowest BCUT2D eigenvalue weighted by atomic mass is 10.0. The van der Waals surface area contributed by atoms with Gasteiger partial charge in [-0.2, -0.15) is 0 Å². The van der Waals surface area contributed by atoms with Gasteiger partial charge in [0.25, 0.3) is 0 Å². The van der Waals surface area contributed by atoms with Crippen LogP contribution in [0.4, 0.5) is 0 Å². The molecule has 0 aliphatic carbocycles. The highest BCUT2D eigenvalue weighted by Gasteiger charge is 2.09. The molecule has 2 nitrogen and oxygen atoms in total. The monoisotopic (exact) mass is 297 g/mol. The van der Waals surface area contributed by atoms with Crippen molar-refractivity contribution in [3.63, 3.8) is 0 Å². The highest BCUT2D eigenvalue weighted by atomic mass is 79.9. The number of nitrogens with zero attached hydrogens (tertiary/aromatic N) is 1. The van der Waals surface area contributed by atoms with E-state index in [1.165, 1.54) is 5.57 Å². The smallest absolute Gasteiger partial charge is 0.128 e. The molecule has 0 saturated heterocycles. The fraction of sp³-hybridized carbons (Fsp3) is 0.500. The molecule has 3 heteroatoms. The largest absolute Gasteiger partial charge is 0.496 e. The minimum absolute atomic E-state index is 0.898. The molecule has 17 heavy (non-hydrogen) atoms. The average molecular weight is 298 g/mol. The molecule has 0 radical (unpaired) electrons. The number of allylic oxidation sites excluding steroid dienone is 2. The first-order chi connectivity index (χ1) is 8.10. The Balaban J connectivity index is 2.92. The molecule has 94 valence electrons. The van der Waals surface area contributed by atoms with E-state index < -0.39 is 0 Å². The van der Waals surface area contributed by atoms with Gasteiger partial charge in [-0.15, -0.1) is 0 Å². The lowest BCUT2D eigenvalue weighted by Gasteiger charge is -2.12. The summed E-state index contributed by atoms with van der Waals surface area (Å²) in [6, 6.07) is 0. The molecule has 0 aliphatic heterocycles.